The summed E-state index contributed by atoms with van der Waals surface area (Å²) in [4.78, 5) is 12.8. The Kier molecular flexibility index (Phi) is 17.0. The summed E-state index contributed by atoms with van der Waals surface area (Å²) in [6.07, 6.45) is 25.3. The van der Waals surface area contributed by atoms with Crippen LogP contribution >= 0.6 is 11.7 Å². The summed E-state index contributed by atoms with van der Waals surface area (Å²) in [5.41, 5.74) is 1.39. The Balaban J connectivity index is 1.67. The zero-order chi connectivity index (χ0) is 29.1. The van der Waals surface area contributed by atoms with Crippen molar-refractivity contribution < 1.29 is 18.8 Å². The zero-order valence-corrected chi connectivity index (χ0v) is 27.4. The van der Waals surface area contributed by atoms with Gasteiger partial charge in [0.15, 0.2) is 0 Å². The van der Waals surface area contributed by atoms with E-state index in [1.54, 1.807) is 0 Å². The molecule has 1 aliphatic rings. The number of esters is 1. The second-order valence-corrected chi connectivity index (χ2v) is 13.1. The summed E-state index contributed by atoms with van der Waals surface area (Å²) in [6.45, 7) is 11.0. The van der Waals surface area contributed by atoms with E-state index in [4.69, 9.17) is 9.47 Å². The fraction of sp³-hybridized carbons (Fsp3) is 0.848. The van der Waals surface area contributed by atoms with E-state index in [2.05, 4.69) is 49.6 Å². The second-order valence-electron chi connectivity index (χ2n) is 12.5. The van der Waals surface area contributed by atoms with Crippen molar-refractivity contribution in [2.24, 2.45) is 0 Å². The minimum Gasteiger partial charge on any atom is -0.475 e. The Bertz CT molecular complexity index is 854. The van der Waals surface area contributed by atoms with Crippen LogP contribution in [0.25, 0.3) is 5.57 Å². The molecule has 0 bridgehead atoms. The number of likely N-dealkylation sites (N-methyl/N-ethyl adjacent to an activating group) is 1. The van der Waals surface area contributed by atoms with Gasteiger partial charge in [-0.25, -0.2) is 0 Å². The van der Waals surface area contributed by atoms with Crippen LogP contribution in [0.3, 0.4) is 0 Å². The van der Waals surface area contributed by atoms with Crippen LogP contribution in [0.4, 0.5) is 0 Å². The van der Waals surface area contributed by atoms with Gasteiger partial charge >= 0.3 is 5.97 Å². The Morgan fingerprint density at radius 2 is 1.40 bits per heavy atom. The van der Waals surface area contributed by atoms with Crippen LogP contribution in [0.15, 0.2) is 6.08 Å². The summed E-state index contributed by atoms with van der Waals surface area (Å²) in [7, 11) is 2.19. The average Bonchev–Trinajstić information content (AvgIpc) is 3.39. The minimum atomic E-state index is -0.613. The van der Waals surface area contributed by atoms with Crippen molar-refractivity contribution in [2.45, 2.75) is 155 Å². The zero-order valence-electron chi connectivity index (χ0n) is 26.6. The van der Waals surface area contributed by atoms with Crippen LogP contribution in [0.1, 0.15) is 155 Å². The predicted octanol–water partition coefficient (Wildman–Crippen LogP) is 9.49. The number of ether oxygens (including phenoxy) is 2. The molecule has 40 heavy (non-hydrogen) atoms. The highest BCUT2D eigenvalue weighted by atomic mass is 32.1. The van der Waals surface area contributed by atoms with Crippen molar-refractivity contribution in [1.29, 1.82) is 0 Å². The number of unbranched alkanes of at least 4 members (excludes halogenated alkanes) is 15. The summed E-state index contributed by atoms with van der Waals surface area (Å²) in [6, 6.07) is 0. The number of aromatic nitrogens is 2. The fourth-order valence-corrected chi connectivity index (χ4v) is 6.10. The van der Waals surface area contributed by atoms with Gasteiger partial charge in [-0.05, 0) is 12.8 Å². The van der Waals surface area contributed by atoms with Gasteiger partial charge in [-0.3, -0.25) is 9.28 Å². The van der Waals surface area contributed by atoms with Crippen LogP contribution in [-0.2, 0) is 9.53 Å². The average molecular weight is 579 g/mol. The molecule has 0 aromatic carbocycles. The van der Waals surface area contributed by atoms with Crippen molar-refractivity contribution in [3.63, 3.8) is 0 Å². The van der Waals surface area contributed by atoms with E-state index in [9.17, 15) is 4.79 Å². The Labute approximate surface area is 250 Å². The molecule has 7 heteroatoms. The van der Waals surface area contributed by atoms with Crippen LogP contribution in [0, 0.1) is 0 Å². The number of carbonyl (C=O) groups excluding carboxylic acids is 1. The van der Waals surface area contributed by atoms with Crippen LogP contribution in [-0.4, -0.2) is 51.7 Å². The number of rotatable bonds is 23. The van der Waals surface area contributed by atoms with Crippen LogP contribution in [0.2, 0.25) is 0 Å². The summed E-state index contributed by atoms with van der Waals surface area (Å²) in [5, 5.41) is 0. The molecule has 0 amide bonds. The molecular formula is C33H60N3O3S+. The molecule has 0 N–H and O–H groups in total. The topological polar surface area (TPSA) is 61.3 Å². The maximum Gasteiger partial charge on any atom is 0.310 e. The Morgan fingerprint density at radius 3 is 2.00 bits per heavy atom. The van der Waals surface area contributed by atoms with E-state index >= 15 is 0 Å². The molecule has 1 aromatic heterocycles. The third kappa shape index (κ3) is 12.6. The number of nitrogens with zero attached hydrogens (tertiary/aromatic N) is 3. The lowest BCUT2D eigenvalue weighted by molar-refractivity contribution is -0.971. The molecular weight excluding hydrogens is 518 g/mol. The first-order valence-electron chi connectivity index (χ1n) is 16.5. The summed E-state index contributed by atoms with van der Waals surface area (Å²) in [5.74, 6) is 0.577. The number of hydrogen-bond acceptors (Lipinski definition) is 6. The Hall–Kier alpha value is -1.47. The van der Waals surface area contributed by atoms with E-state index in [1.165, 1.54) is 102 Å². The first-order chi connectivity index (χ1) is 19.3. The fourth-order valence-electron chi connectivity index (χ4n) is 5.57. The first kappa shape index (κ1) is 34.7. The van der Waals surface area contributed by atoms with Gasteiger partial charge < -0.3 is 9.47 Å². The maximum atomic E-state index is 12.8. The molecule has 0 fully saturated rings. The molecule has 230 valence electrons. The van der Waals surface area contributed by atoms with Gasteiger partial charge in [-0.15, -0.1) is 4.37 Å². The van der Waals surface area contributed by atoms with Crippen LogP contribution in [0.5, 0.6) is 5.88 Å². The largest absolute Gasteiger partial charge is 0.475 e. The molecule has 0 spiro atoms. The normalized spacial score (nSPS) is 17.6. The molecule has 2 heterocycles. The highest BCUT2D eigenvalue weighted by Crippen LogP contribution is 2.35. The predicted molar refractivity (Wildman–Crippen MR) is 169 cm³/mol. The minimum absolute atomic E-state index is 0.0741. The van der Waals surface area contributed by atoms with Crippen molar-refractivity contribution >= 4 is 23.3 Å². The molecule has 1 aliphatic heterocycles. The van der Waals surface area contributed by atoms with Gasteiger partial charge in [-0.2, -0.15) is 4.37 Å². The lowest BCUT2D eigenvalue weighted by Crippen LogP contribution is -2.62. The molecule has 1 unspecified atom stereocenters. The molecule has 0 saturated carbocycles. The molecule has 0 aliphatic carbocycles. The van der Waals surface area contributed by atoms with Gasteiger partial charge in [0.05, 0.1) is 31.9 Å². The Morgan fingerprint density at radius 1 is 0.850 bits per heavy atom. The van der Waals surface area contributed by atoms with E-state index in [0.29, 0.717) is 23.4 Å². The molecule has 1 atom stereocenters. The molecule has 0 radical (unpaired) electrons. The number of quaternary nitrogens is 1. The van der Waals surface area contributed by atoms with Gasteiger partial charge in [0.25, 0.3) is 5.88 Å². The quantitative estimate of drug-likeness (QED) is 0.0735. The van der Waals surface area contributed by atoms with E-state index in [-0.39, 0.29) is 5.97 Å². The third-order valence-corrected chi connectivity index (χ3v) is 9.19. The van der Waals surface area contributed by atoms with Crippen molar-refractivity contribution in [1.82, 2.24) is 8.75 Å². The van der Waals surface area contributed by atoms with Gasteiger partial charge in [0.2, 0.25) is 5.72 Å². The smallest absolute Gasteiger partial charge is 0.310 e. The lowest BCUT2D eigenvalue weighted by Gasteiger charge is -2.47. The molecule has 1 aromatic rings. The maximum absolute atomic E-state index is 12.8. The monoisotopic (exact) mass is 578 g/mol. The highest BCUT2D eigenvalue weighted by molar-refractivity contribution is 6.99. The van der Waals surface area contributed by atoms with Crippen LogP contribution < -0.4 is 4.74 Å². The summed E-state index contributed by atoms with van der Waals surface area (Å²) >= 11 is 1.21. The number of hydrogen-bond donors (Lipinski definition) is 0. The third-order valence-electron chi connectivity index (χ3n) is 8.68. The molecule has 0 saturated heterocycles. The molecule has 2 rings (SSSR count). The number of carbonyl (C=O) groups is 1. The van der Waals surface area contributed by atoms with Gasteiger partial charge in [0, 0.05) is 32.3 Å². The van der Waals surface area contributed by atoms with E-state index in [0.717, 1.165) is 50.0 Å². The van der Waals surface area contributed by atoms with Gasteiger partial charge in [0.1, 0.15) is 12.2 Å². The van der Waals surface area contributed by atoms with E-state index < -0.39 is 5.72 Å². The standard InChI is InChI=1S/C33H60N3O3S/c1-6-8-10-12-13-14-15-16-17-18-19-20-21-25-30(37)39-33(3,4)36(5)26-23-24-29(28-36)31-32(35-40-34-31)38-27-22-11-9-7-2/h24H,6-23,25-28H2,1-5H3/q+1. The van der Waals surface area contributed by atoms with E-state index in [1.807, 2.05) is 0 Å². The highest BCUT2D eigenvalue weighted by Gasteiger charge is 2.45. The first-order valence-corrected chi connectivity index (χ1v) is 17.3. The van der Waals surface area contributed by atoms with Crippen molar-refractivity contribution in [3.8, 4) is 5.88 Å². The molecule has 6 nitrogen and oxygen atoms in total. The lowest BCUT2D eigenvalue weighted by atomic mass is 10.0. The van der Waals surface area contributed by atoms with Gasteiger partial charge in [-0.1, -0.05) is 116 Å². The van der Waals surface area contributed by atoms with Crippen molar-refractivity contribution in [2.75, 3.05) is 26.7 Å². The SMILES string of the molecule is CCCCCCCCCCCCCCCC(=O)OC(C)(C)[N+]1(C)CCC=C(c2nsnc2OCCCCCC)C1. The second kappa shape index (κ2) is 19.6. The summed E-state index contributed by atoms with van der Waals surface area (Å²) < 4.78 is 21.8. The van der Waals surface area contributed by atoms with Crippen molar-refractivity contribution in [3.05, 3.63) is 11.8 Å².